The molecule has 0 unspecified atom stereocenters. The first-order chi connectivity index (χ1) is 9.84. The molecule has 2 rings (SSSR count). The fraction of sp³-hybridized carbons (Fsp3) is 0.312. The predicted octanol–water partition coefficient (Wildman–Crippen LogP) is 2.32. The molecule has 2 aromatic rings. The number of aromatic nitrogens is 2. The fourth-order valence-corrected chi connectivity index (χ4v) is 2.09. The number of benzene rings is 1. The average Bonchev–Trinajstić information content (AvgIpc) is 2.46. The van der Waals surface area contributed by atoms with E-state index in [9.17, 15) is 9.59 Å². The molecule has 0 saturated heterocycles. The Morgan fingerprint density at radius 3 is 2.48 bits per heavy atom. The highest BCUT2D eigenvalue weighted by Crippen LogP contribution is 2.27. The van der Waals surface area contributed by atoms with E-state index in [1.165, 1.54) is 17.9 Å². The van der Waals surface area contributed by atoms with Crippen LogP contribution in [0.4, 0.5) is 0 Å². The van der Waals surface area contributed by atoms with Crippen LogP contribution in [-0.2, 0) is 10.2 Å². The molecule has 0 saturated carbocycles. The minimum Gasteiger partial charge on any atom is -0.464 e. The summed E-state index contributed by atoms with van der Waals surface area (Å²) in [6.07, 6.45) is 1.55. The Morgan fingerprint density at radius 2 is 1.86 bits per heavy atom. The van der Waals surface area contributed by atoms with Crippen molar-refractivity contribution in [3.8, 4) is 5.69 Å². The zero-order chi connectivity index (χ0) is 15.6. The SMILES string of the molecule is COC(=O)c1nn(-c2ccccc2C(C)(C)C)ccc1=O. The summed E-state index contributed by atoms with van der Waals surface area (Å²) >= 11 is 0. The summed E-state index contributed by atoms with van der Waals surface area (Å²) in [6, 6.07) is 9.07. The van der Waals surface area contributed by atoms with Gasteiger partial charge in [0.2, 0.25) is 11.1 Å². The molecule has 1 aromatic carbocycles. The first-order valence-corrected chi connectivity index (χ1v) is 6.63. The second-order valence-electron chi connectivity index (χ2n) is 5.73. The fourth-order valence-electron chi connectivity index (χ4n) is 2.09. The third-order valence-electron chi connectivity index (χ3n) is 3.15. The van der Waals surface area contributed by atoms with Gasteiger partial charge in [-0.05, 0) is 17.0 Å². The molecule has 0 aliphatic heterocycles. The Hall–Kier alpha value is -2.43. The minimum atomic E-state index is -0.734. The monoisotopic (exact) mass is 286 g/mol. The van der Waals surface area contributed by atoms with Gasteiger partial charge in [0.1, 0.15) is 0 Å². The zero-order valence-electron chi connectivity index (χ0n) is 12.6. The van der Waals surface area contributed by atoms with Crippen molar-refractivity contribution in [3.05, 3.63) is 58.0 Å². The largest absolute Gasteiger partial charge is 0.464 e. The van der Waals surface area contributed by atoms with Crippen molar-refractivity contribution in [3.63, 3.8) is 0 Å². The highest BCUT2D eigenvalue weighted by Gasteiger charge is 2.20. The van der Waals surface area contributed by atoms with Crippen molar-refractivity contribution in [2.24, 2.45) is 0 Å². The van der Waals surface area contributed by atoms with Gasteiger partial charge in [-0.25, -0.2) is 9.48 Å². The number of ether oxygens (including phenoxy) is 1. The van der Waals surface area contributed by atoms with Gasteiger partial charge in [0.05, 0.1) is 12.8 Å². The molecule has 0 spiro atoms. The topological polar surface area (TPSA) is 61.2 Å². The molecular formula is C16H18N2O3. The standard InChI is InChI=1S/C16H18N2O3/c1-16(2,3)11-7-5-6-8-12(11)18-10-9-13(19)14(17-18)15(20)21-4/h5-10H,1-4H3. The molecule has 0 N–H and O–H groups in total. The van der Waals surface area contributed by atoms with Gasteiger partial charge < -0.3 is 4.74 Å². The molecule has 1 aromatic heterocycles. The Kier molecular flexibility index (Phi) is 3.93. The van der Waals surface area contributed by atoms with Crippen LogP contribution < -0.4 is 5.43 Å². The molecule has 0 aliphatic rings. The Balaban J connectivity index is 2.64. The lowest BCUT2D eigenvalue weighted by Gasteiger charge is -2.23. The highest BCUT2D eigenvalue weighted by atomic mass is 16.5. The normalized spacial score (nSPS) is 11.2. The van der Waals surface area contributed by atoms with Gasteiger partial charge in [-0.3, -0.25) is 4.79 Å². The average molecular weight is 286 g/mol. The van der Waals surface area contributed by atoms with E-state index in [0.29, 0.717) is 0 Å². The van der Waals surface area contributed by atoms with Gasteiger partial charge in [-0.2, -0.15) is 5.10 Å². The molecular weight excluding hydrogens is 268 g/mol. The number of para-hydroxylation sites is 1. The molecule has 0 atom stereocenters. The lowest BCUT2D eigenvalue weighted by atomic mass is 9.86. The van der Waals surface area contributed by atoms with Crippen molar-refractivity contribution in [2.45, 2.75) is 26.2 Å². The van der Waals surface area contributed by atoms with Crippen LogP contribution in [0.2, 0.25) is 0 Å². The highest BCUT2D eigenvalue weighted by molar-refractivity contribution is 5.86. The molecule has 110 valence electrons. The molecule has 1 heterocycles. The summed E-state index contributed by atoms with van der Waals surface area (Å²) in [6.45, 7) is 6.28. The number of hydrogen-bond acceptors (Lipinski definition) is 4. The maximum Gasteiger partial charge on any atom is 0.362 e. The van der Waals surface area contributed by atoms with Crippen LogP contribution in [0, 0.1) is 0 Å². The van der Waals surface area contributed by atoms with Gasteiger partial charge in [0.15, 0.2) is 0 Å². The van der Waals surface area contributed by atoms with Crippen molar-refractivity contribution < 1.29 is 9.53 Å². The van der Waals surface area contributed by atoms with E-state index in [4.69, 9.17) is 0 Å². The lowest BCUT2D eigenvalue weighted by Crippen LogP contribution is -2.23. The van der Waals surface area contributed by atoms with Crippen LogP contribution in [0.25, 0.3) is 5.69 Å². The number of hydrogen-bond donors (Lipinski definition) is 0. The number of carbonyl (C=O) groups is 1. The van der Waals surface area contributed by atoms with Crippen molar-refractivity contribution >= 4 is 5.97 Å². The van der Waals surface area contributed by atoms with E-state index in [1.807, 2.05) is 24.3 Å². The second kappa shape index (κ2) is 5.52. The van der Waals surface area contributed by atoms with Crippen LogP contribution in [0.15, 0.2) is 41.3 Å². The summed E-state index contributed by atoms with van der Waals surface area (Å²) in [4.78, 5) is 23.3. The number of nitrogens with zero attached hydrogens (tertiary/aromatic N) is 2. The van der Waals surface area contributed by atoms with E-state index < -0.39 is 11.4 Å². The summed E-state index contributed by atoms with van der Waals surface area (Å²) in [5.41, 5.74) is 1.13. The quantitative estimate of drug-likeness (QED) is 0.795. The van der Waals surface area contributed by atoms with E-state index >= 15 is 0 Å². The maximum absolute atomic E-state index is 11.7. The molecule has 0 amide bonds. The third kappa shape index (κ3) is 3.02. The molecule has 21 heavy (non-hydrogen) atoms. The first-order valence-electron chi connectivity index (χ1n) is 6.63. The van der Waals surface area contributed by atoms with Gasteiger partial charge >= 0.3 is 5.97 Å². The number of carbonyl (C=O) groups excluding carboxylic acids is 1. The molecule has 5 nitrogen and oxygen atoms in total. The smallest absolute Gasteiger partial charge is 0.362 e. The maximum atomic E-state index is 11.7. The van der Waals surface area contributed by atoms with Gasteiger partial charge in [0, 0.05) is 12.3 Å². The summed E-state index contributed by atoms with van der Waals surface area (Å²) < 4.78 is 6.13. The van der Waals surface area contributed by atoms with Crippen LogP contribution in [-0.4, -0.2) is 22.9 Å². The van der Waals surface area contributed by atoms with Crippen LogP contribution >= 0.6 is 0 Å². The Bertz CT molecular complexity index is 727. The van der Waals surface area contributed by atoms with Gasteiger partial charge in [0.25, 0.3) is 0 Å². The van der Waals surface area contributed by atoms with Crippen molar-refractivity contribution in [2.75, 3.05) is 7.11 Å². The Morgan fingerprint density at radius 1 is 1.19 bits per heavy atom. The number of esters is 1. The van der Waals surface area contributed by atoms with Crippen LogP contribution in [0.1, 0.15) is 36.8 Å². The van der Waals surface area contributed by atoms with Crippen LogP contribution in [0.5, 0.6) is 0 Å². The summed E-state index contributed by atoms with van der Waals surface area (Å²) in [5.74, 6) is -0.734. The van der Waals surface area contributed by atoms with E-state index in [0.717, 1.165) is 11.3 Å². The lowest BCUT2D eigenvalue weighted by molar-refractivity contribution is 0.0590. The zero-order valence-corrected chi connectivity index (χ0v) is 12.6. The van der Waals surface area contributed by atoms with Crippen molar-refractivity contribution in [1.29, 1.82) is 0 Å². The predicted molar refractivity (Wildman–Crippen MR) is 79.9 cm³/mol. The Labute approximate surface area is 123 Å². The number of rotatable bonds is 2. The van der Waals surface area contributed by atoms with E-state index in [1.54, 1.807) is 6.20 Å². The molecule has 0 radical (unpaired) electrons. The first kappa shape index (κ1) is 15.0. The molecule has 5 heteroatoms. The third-order valence-corrected chi connectivity index (χ3v) is 3.15. The van der Waals surface area contributed by atoms with Crippen molar-refractivity contribution in [1.82, 2.24) is 9.78 Å². The van der Waals surface area contributed by atoms with E-state index in [-0.39, 0.29) is 11.1 Å². The summed E-state index contributed by atoms with van der Waals surface area (Å²) in [5, 5.41) is 4.12. The molecule has 0 bridgehead atoms. The van der Waals surface area contributed by atoms with Gasteiger partial charge in [-0.1, -0.05) is 39.0 Å². The molecule has 0 aliphatic carbocycles. The van der Waals surface area contributed by atoms with Crippen LogP contribution in [0.3, 0.4) is 0 Å². The summed E-state index contributed by atoms with van der Waals surface area (Å²) in [7, 11) is 1.23. The van der Waals surface area contributed by atoms with Gasteiger partial charge in [-0.15, -0.1) is 0 Å². The second-order valence-corrected chi connectivity index (χ2v) is 5.73. The molecule has 0 fully saturated rings. The number of methoxy groups -OCH3 is 1. The minimum absolute atomic E-state index is 0.0904. The van der Waals surface area contributed by atoms with E-state index in [2.05, 4.69) is 30.6 Å².